The van der Waals surface area contributed by atoms with E-state index < -0.39 is 10.0 Å². The lowest BCUT2D eigenvalue weighted by molar-refractivity contribution is 0.601. The molecule has 1 aromatic carbocycles. The lowest BCUT2D eigenvalue weighted by Gasteiger charge is -2.10. The smallest absolute Gasteiger partial charge is 0.263 e. The molecule has 1 aromatic heterocycles. The van der Waals surface area contributed by atoms with Gasteiger partial charge < -0.3 is 5.73 Å². The highest BCUT2D eigenvalue weighted by Gasteiger charge is 2.21. The van der Waals surface area contributed by atoms with Crippen LogP contribution in [0.4, 0.5) is 11.4 Å². The van der Waals surface area contributed by atoms with Gasteiger partial charge in [0.2, 0.25) is 0 Å². The van der Waals surface area contributed by atoms with E-state index in [9.17, 15) is 8.42 Å². The van der Waals surface area contributed by atoms with Crippen LogP contribution in [0, 0.1) is 0 Å². The van der Waals surface area contributed by atoms with Crippen LogP contribution in [0.2, 0.25) is 10.0 Å². The molecule has 0 atom stereocenters. The Bertz CT molecular complexity index is 707. The van der Waals surface area contributed by atoms with Gasteiger partial charge >= 0.3 is 0 Å². The fraction of sp³-hybridized carbons (Fsp3) is 0. The van der Waals surface area contributed by atoms with Crippen LogP contribution in [-0.4, -0.2) is 18.4 Å². The topological polar surface area (TPSA) is 98.0 Å². The molecule has 0 saturated heterocycles. The molecule has 1 heterocycles. The zero-order chi connectivity index (χ0) is 14.0. The maximum atomic E-state index is 12.1. The predicted molar refractivity (Wildman–Crippen MR) is 73.7 cm³/mol. The first kappa shape index (κ1) is 13.9. The van der Waals surface area contributed by atoms with E-state index in [-0.39, 0.29) is 26.3 Å². The fourth-order valence-corrected chi connectivity index (χ4v) is 3.11. The molecule has 0 radical (unpaired) electrons. The number of rotatable bonds is 3. The van der Waals surface area contributed by atoms with Gasteiger partial charge in [-0.1, -0.05) is 23.2 Å². The second-order valence-electron chi connectivity index (χ2n) is 3.51. The van der Waals surface area contributed by atoms with E-state index in [1.54, 1.807) is 0 Å². The molecule has 2 rings (SSSR count). The number of hydrogen-bond acceptors (Lipinski definition) is 5. The summed E-state index contributed by atoms with van der Waals surface area (Å²) in [7, 11) is -3.88. The van der Waals surface area contributed by atoms with Crippen molar-refractivity contribution in [2.24, 2.45) is 0 Å². The number of halogens is 2. The Labute approximate surface area is 119 Å². The largest absolute Gasteiger partial charge is 0.396 e. The quantitative estimate of drug-likeness (QED) is 0.845. The standard InChI is InChI=1S/C10H8Cl2N4O2S/c11-7-1-2-8(9(12)10(7)13)19(17,18)16-6-3-14-5-15-4-6/h1-5,16H,13H2. The third-order valence-corrected chi connectivity index (χ3v) is 4.47. The molecule has 0 aliphatic heterocycles. The van der Waals surface area contributed by atoms with Crippen molar-refractivity contribution in [3.8, 4) is 0 Å². The molecule has 9 heteroatoms. The Kier molecular flexibility index (Phi) is 3.79. The molecule has 0 spiro atoms. The Morgan fingerprint density at radius 1 is 1.16 bits per heavy atom. The molecule has 0 fully saturated rings. The monoisotopic (exact) mass is 318 g/mol. The summed E-state index contributed by atoms with van der Waals surface area (Å²) in [5.74, 6) is 0. The zero-order valence-electron chi connectivity index (χ0n) is 9.34. The fourth-order valence-electron chi connectivity index (χ4n) is 1.32. The minimum absolute atomic E-state index is 0.00974. The SMILES string of the molecule is Nc1c(Cl)ccc(S(=O)(=O)Nc2cncnc2)c1Cl. The van der Waals surface area contributed by atoms with Crippen molar-refractivity contribution in [3.05, 3.63) is 40.9 Å². The van der Waals surface area contributed by atoms with Gasteiger partial charge in [0, 0.05) is 0 Å². The van der Waals surface area contributed by atoms with Gasteiger partial charge in [-0.15, -0.1) is 0 Å². The van der Waals surface area contributed by atoms with Gasteiger partial charge in [0.05, 0.1) is 33.8 Å². The minimum Gasteiger partial charge on any atom is -0.396 e. The van der Waals surface area contributed by atoms with E-state index in [2.05, 4.69) is 14.7 Å². The third-order valence-electron chi connectivity index (χ3n) is 2.19. The Morgan fingerprint density at radius 3 is 2.42 bits per heavy atom. The number of anilines is 2. The maximum Gasteiger partial charge on any atom is 0.263 e. The lowest BCUT2D eigenvalue weighted by Crippen LogP contribution is -2.14. The van der Waals surface area contributed by atoms with Crippen LogP contribution in [-0.2, 0) is 10.0 Å². The van der Waals surface area contributed by atoms with Crippen molar-refractivity contribution in [2.45, 2.75) is 4.90 Å². The Balaban J connectivity index is 2.44. The number of nitrogens with zero attached hydrogens (tertiary/aromatic N) is 2. The molecule has 3 N–H and O–H groups in total. The van der Waals surface area contributed by atoms with Crippen LogP contribution in [0.15, 0.2) is 35.7 Å². The summed E-state index contributed by atoms with van der Waals surface area (Å²) in [6.45, 7) is 0. The molecule has 19 heavy (non-hydrogen) atoms. The van der Waals surface area contributed by atoms with Crippen molar-refractivity contribution in [1.29, 1.82) is 0 Å². The zero-order valence-corrected chi connectivity index (χ0v) is 11.7. The lowest BCUT2D eigenvalue weighted by atomic mass is 10.3. The van der Waals surface area contributed by atoms with E-state index in [0.717, 1.165) is 0 Å². The second-order valence-corrected chi connectivity index (χ2v) is 5.94. The van der Waals surface area contributed by atoms with Gasteiger partial charge in [0.15, 0.2) is 0 Å². The minimum atomic E-state index is -3.88. The molecule has 0 bridgehead atoms. The van der Waals surface area contributed by atoms with Gasteiger partial charge in [-0.25, -0.2) is 18.4 Å². The number of sulfonamides is 1. The normalized spacial score (nSPS) is 11.3. The molecule has 2 aromatic rings. The van der Waals surface area contributed by atoms with E-state index >= 15 is 0 Å². The summed E-state index contributed by atoms with van der Waals surface area (Å²) in [5.41, 5.74) is 5.82. The Hall–Kier alpha value is -1.57. The summed E-state index contributed by atoms with van der Waals surface area (Å²) in [4.78, 5) is 7.23. The van der Waals surface area contributed by atoms with Gasteiger partial charge in [-0.2, -0.15) is 0 Å². The molecule has 0 aliphatic rings. The molecule has 0 aliphatic carbocycles. The molecule has 6 nitrogen and oxygen atoms in total. The third kappa shape index (κ3) is 2.89. The van der Waals surface area contributed by atoms with E-state index in [1.807, 2.05) is 0 Å². The van der Waals surface area contributed by atoms with Crippen molar-refractivity contribution in [2.75, 3.05) is 10.5 Å². The maximum absolute atomic E-state index is 12.1. The van der Waals surface area contributed by atoms with E-state index in [1.165, 1.54) is 30.9 Å². The first-order chi connectivity index (χ1) is 8.92. The molecule has 0 saturated carbocycles. The van der Waals surface area contributed by atoms with Crippen molar-refractivity contribution < 1.29 is 8.42 Å². The average molecular weight is 319 g/mol. The van der Waals surface area contributed by atoms with Gasteiger partial charge in [-0.3, -0.25) is 4.72 Å². The highest BCUT2D eigenvalue weighted by molar-refractivity contribution is 7.92. The number of hydrogen-bond donors (Lipinski definition) is 2. The van der Waals surface area contributed by atoms with Gasteiger partial charge in [0.25, 0.3) is 10.0 Å². The first-order valence-corrected chi connectivity index (χ1v) is 7.17. The van der Waals surface area contributed by atoms with Crippen LogP contribution in [0.5, 0.6) is 0 Å². The van der Waals surface area contributed by atoms with E-state index in [0.29, 0.717) is 0 Å². The van der Waals surface area contributed by atoms with Crippen molar-refractivity contribution in [1.82, 2.24) is 9.97 Å². The van der Waals surface area contributed by atoms with Crippen molar-refractivity contribution in [3.63, 3.8) is 0 Å². The van der Waals surface area contributed by atoms with Crippen LogP contribution < -0.4 is 10.5 Å². The number of nitrogens with two attached hydrogens (primary N) is 1. The van der Waals surface area contributed by atoms with Crippen LogP contribution >= 0.6 is 23.2 Å². The second kappa shape index (κ2) is 5.20. The van der Waals surface area contributed by atoms with Crippen LogP contribution in [0.25, 0.3) is 0 Å². The molecule has 100 valence electrons. The summed E-state index contributed by atoms with van der Waals surface area (Å²) in [6, 6.07) is 2.63. The highest BCUT2D eigenvalue weighted by Crippen LogP contribution is 2.33. The number of nitrogen functional groups attached to an aromatic ring is 1. The highest BCUT2D eigenvalue weighted by atomic mass is 35.5. The summed E-state index contributed by atoms with van der Waals surface area (Å²) >= 11 is 11.6. The summed E-state index contributed by atoms with van der Waals surface area (Å²) < 4.78 is 26.6. The summed E-state index contributed by atoms with van der Waals surface area (Å²) in [5, 5.41) is 0.0591. The average Bonchev–Trinajstić information content (AvgIpc) is 2.36. The molecule has 0 unspecified atom stereocenters. The number of aromatic nitrogens is 2. The van der Waals surface area contributed by atoms with Crippen molar-refractivity contribution >= 4 is 44.6 Å². The number of benzene rings is 1. The van der Waals surface area contributed by atoms with Gasteiger partial charge in [0.1, 0.15) is 11.2 Å². The van der Waals surface area contributed by atoms with Crippen LogP contribution in [0.1, 0.15) is 0 Å². The summed E-state index contributed by atoms with van der Waals surface area (Å²) in [6.07, 6.45) is 3.92. The Morgan fingerprint density at radius 2 is 1.79 bits per heavy atom. The molecular formula is C10H8Cl2N4O2S. The number of nitrogens with one attached hydrogen (secondary N) is 1. The van der Waals surface area contributed by atoms with Gasteiger partial charge in [-0.05, 0) is 12.1 Å². The molecular weight excluding hydrogens is 311 g/mol. The predicted octanol–water partition coefficient (Wildman–Crippen LogP) is 2.17. The molecule has 0 amide bonds. The van der Waals surface area contributed by atoms with E-state index in [4.69, 9.17) is 28.9 Å². The van der Waals surface area contributed by atoms with Crippen LogP contribution in [0.3, 0.4) is 0 Å². The first-order valence-electron chi connectivity index (χ1n) is 4.93.